The summed E-state index contributed by atoms with van der Waals surface area (Å²) in [6, 6.07) is 13.7. The lowest BCUT2D eigenvalue weighted by atomic mass is 9.85. The van der Waals surface area contributed by atoms with Gasteiger partial charge in [0.15, 0.2) is 0 Å². The summed E-state index contributed by atoms with van der Waals surface area (Å²) >= 11 is 6.97. The van der Waals surface area contributed by atoms with Gasteiger partial charge >= 0.3 is 0 Å². The van der Waals surface area contributed by atoms with Crippen molar-refractivity contribution in [2.24, 2.45) is 0 Å². The van der Waals surface area contributed by atoms with Crippen molar-refractivity contribution < 1.29 is 8.78 Å². The van der Waals surface area contributed by atoms with E-state index in [1.54, 1.807) is 0 Å². The highest BCUT2D eigenvalue weighted by molar-refractivity contribution is 9.10. The molecule has 0 N–H and O–H groups in total. The Morgan fingerprint density at radius 2 is 1.71 bits per heavy atom. The number of alkyl halides is 3. The van der Waals surface area contributed by atoms with Gasteiger partial charge in [-0.1, -0.05) is 68.3 Å². The molecule has 0 unspecified atom stereocenters. The highest BCUT2D eigenvalue weighted by Gasteiger charge is 2.54. The quantitative estimate of drug-likeness (QED) is 0.513. The van der Waals surface area contributed by atoms with Gasteiger partial charge in [-0.2, -0.15) is 0 Å². The van der Waals surface area contributed by atoms with E-state index in [9.17, 15) is 8.78 Å². The highest BCUT2D eigenvalue weighted by atomic mass is 79.9. The fraction of sp³-hybridized carbons (Fsp3) is 0.294. The molecule has 0 spiro atoms. The SMILES string of the molecule is FC(F)C1(c2c(-c3ccccc3)ccc(Br)c2CBr)CC1. The van der Waals surface area contributed by atoms with Gasteiger partial charge in [-0.3, -0.25) is 0 Å². The molecule has 0 nitrogen and oxygen atoms in total. The Kier molecular flexibility index (Phi) is 4.19. The average molecular weight is 416 g/mol. The monoisotopic (exact) mass is 414 g/mol. The summed E-state index contributed by atoms with van der Waals surface area (Å²) in [5.74, 6) is 0. The van der Waals surface area contributed by atoms with E-state index in [1.165, 1.54) is 0 Å². The lowest BCUT2D eigenvalue weighted by Crippen LogP contribution is -2.20. The molecule has 0 amide bonds. The van der Waals surface area contributed by atoms with Gasteiger partial charge in [0, 0.05) is 9.80 Å². The fourth-order valence-electron chi connectivity index (χ4n) is 2.89. The van der Waals surface area contributed by atoms with Gasteiger partial charge in [-0.05, 0) is 41.2 Å². The van der Waals surface area contributed by atoms with Crippen LogP contribution in [-0.2, 0) is 10.7 Å². The predicted octanol–water partition coefficient (Wildman–Crippen LogP) is 6.31. The van der Waals surface area contributed by atoms with Crippen molar-refractivity contribution in [2.45, 2.75) is 30.0 Å². The van der Waals surface area contributed by atoms with Crippen molar-refractivity contribution >= 4 is 31.9 Å². The van der Waals surface area contributed by atoms with Crippen molar-refractivity contribution in [3.05, 3.63) is 58.1 Å². The Balaban J connectivity index is 2.27. The fourth-order valence-corrected chi connectivity index (χ4v) is 4.32. The lowest BCUT2D eigenvalue weighted by molar-refractivity contribution is 0.102. The van der Waals surface area contributed by atoms with E-state index in [4.69, 9.17) is 0 Å². The number of benzene rings is 2. The maximum absolute atomic E-state index is 13.7. The maximum atomic E-state index is 13.7. The molecule has 4 heteroatoms. The first kappa shape index (κ1) is 15.2. The van der Waals surface area contributed by atoms with Crippen LogP contribution in [0.4, 0.5) is 8.78 Å². The molecule has 21 heavy (non-hydrogen) atoms. The number of hydrogen-bond acceptors (Lipinski definition) is 0. The molecule has 2 aromatic rings. The van der Waals surface area contributed by atoms with E-state index in [0.29, 0.717) is 18.2 Å². The summed E-state index contributed by atoms with van der Waals surface area (Å²) in [6.45, 7) is 0. The third kappa shape index (κ3) is 2.57. The molecule has 1 aliphatic rings. The summed E-state index contributed by atoms with van der Waals surface area (Å²) in [6.07, 6.45) is -1.21. The Bertz CT molecular complexity index is 649. The van der Waals surface area contributed by atoms with E-state index in [0.717, 1.165) is 26.7 Å². The zero-order valence-electron chi connectivity index (χ0n) is 11.3. The first-order valence-electron chi connectivity index (χ1n) is 6.81. The van der Waals surface area contributed by atoms with Gasteiger partial charge in [0.05, 0.1) is 5.41 Å². The smallest absolute Gasteiger partial charge is 0.210 e. The molecule has 0 aliphatic heterocycles. The molecule has 0 saturated heterocycles. The van der Waals surface area contributed by atoms with Gasteiger partial charge in [0.1, 0.15) is 0 Å². The standard InChI is InChI=1S/C17H14Br2F2/c18-10-13-14(19)7-6-12(11-4-2-1-3-5-11)15(13)17(8-9-17)16(20)21/h1-7,16H,8-10H2. The minimum absolute atomic E-state index is 0.557. The minimum atomic E-state index is -2.33. The summed E-state index contributed by atoms with van der Waals surface area (Å²) in [4.78, 5) is 0. The zero-order valence-corrected chi connectivity index (χ0v) is 14.4. The van der Waals surface area contributed by atoms with Crippen molar-refractivity contribution in [2.75, 3.05) is 0 Å². The molecule has 2 aromatic carbocycles. The van der Waals surface area contributed by atoms with Gasteiger partial charge in [-0.25, -0.2) is 8.78 Å². The van der Waals surface area contributed by atoms with Crippen LogP contribution in [0.5, 0.6) is 0 Å². The molecule has 110 valence electrons. The van der Waals surface area contributed by atoms with Crippen LogP contribution in [0.1, 0.15) is 24.0 Å². The van der Waals surface area contributed by atoms with Gasteiger partial charge in [0.2, 0.25) is 6.43 Å². The second kappa shape index (κ2) is 5.81. The Morgan fingerprint density at radius 1 is 1.05 bits per heavy atom. The minimum Gasteiger partial charge on any atom is -0.210 e. The lowest BCUT2D eigenvalue weighted by Gasteiger charge is -2.23. The number of hydrogen-bond donors (Lipinski definition) is 0. The van der Waals surface area contributed by atoms with Crippen LogP contribution in [0.3, 0.4) is 0 Å². The Hall–Kier alpha value is -0.740. The molecule has 1 aliphatic carbocycles. The molecule has 0 heterocycles. The molecule has 0 radical (unpaired) electrons. The van der Waals surface area contributed by atoms with Crippen molar-refractivity contribution in [3.63, 3.8) is 0 Å². The third-order valence-electron chi connectivity index (χ3n) is 4.18. The molecule has 1 saturated carbocycles. The van der Waals surface area contributed by atoms with Crippen molar-refractivity contribution in [3.8, 4) is 11.1 Å². The van der Waals surface area contributed by atoms with E-state index >= 15 is 0 Å². The molecule has 0 bridgehead atoms. The molecule has 0 aromatic heterocycles. The summed E-state index contributed by atoms with van der Waals surface area (Å²) in [5, 5.41) is 0.568. The third-order valence-corrected chi connectivity index (χ3v) is 5.48. The van der Waals surface area contributed by atoms with Crippen LogP contribution in [0.15, 0.2) is 46.9 Å². The van der Waals surface area contributed by atoms with Gasteiger partial charge in [-0.15, -0.1) is 0 Å². The first-order valence-corrected chi connectivity index (χ1v) is 8.73. The van der Waals surface area contributed by atoms with Crippen LogP contribution < -0.4 is 0 Å². The Morgan fingerprint density at radius 3 is 2.24 bits per heavy atom. The average Bonchev–Trinajstić information content (AvgIpc) is 3.29. The van der Waals surface area contributed by atoms with Crippen molar-refractivity contribution in [1.82, 2.24) is 0 Å². The van der Waals surface area contributed by atoms with E-state index < -0.39 is 11.8 Å². The van der Waals surface area contributed by atoms with E-state index in [-0.39, 0.29) is 0 Å². The molecule has 1 fully saturated rings. The van der Waals surface area contributed by atoms with Gasteiger partial charge < -0.3 is 0 Å². The Labute approximate surface area is 139 Å². The van der Waals surface area contributed by atoms with E-state index in [2.05, 4.69) is 31.9 Å². The number of rotatable bonds is 4. The highest BCUT2D eigenvalue weighted by Crippen LogP contribution is 2.57. The topological polar surface area (TPSA) is 0 Å². The van der Waals surface area contributed by atoms with Crippen LogP contribution in [0.2, 0.25) is 0 Å². The molecule has 3 rings (SSSR count). The second-order valence-electron chi connectivity index (χ2n) is 5.40. The second-order valence-corrected chi connectivity index (χ2v) is 6.82. The van der Waals surface area contributed by atoms with Crippen molar-refractivity contribution in [1.29, 1.82) is 0 Å². The van der Waals surface area contributed by atoms with Crippen LogP contribution in [0.25, 0.3) is 11.1 Å². The first-order chi connectivity index (χ1) is 10.1. The van der Waals surface area contributed by atoms with Crippen LogP contribution in [0, 0.1) is 0 Å². The normalized spacial score (nSPS) is 16.2. The van der Waals surface area contributed by atoms with Crippen LogP contribution >= 0.6 is 31.9 Å². The van der Waals surface area contributed by atoms with Crippen LogP contribution in [-0.4, -0.2) is 6.43 Å². The zero-order chi connectivity index (χ0) is 15.0. The number of halogens is 4. The maximum Gasteiger partial charge on any atom is 0.248 e. The molecular formula is C17H14Br2F2. The summed E-state index contributed by atoms with van der Waals surface area (Å²) < 4.78 is 28.2. The summed E-state index contributed by atoms with van der Waals surface area (Å²) in [7, 11) is 0. The van der Waals surface area contributed by atoms with Gasteiger partial charge in [0.25, 0.3) is 0 Å². The largest absolute Gasteiger partial charge is 0.248 e. The summed E-state index contributed by atoms with van der Waals surface area (Å²) in [5.41, 5.74) is 2.68. The van der Waals surface area contributed by atoms with E-state index in [1.807, 2.05) is 42.5 Å². The molecule has 0 atom stereocenters. The predicted molar refractivity (Wildman–Crippen MR) is 89.1 cm³/mol. The molecular weight excluding hydrogens is 402 g/mol.